The lowest BCUT2D eigenvalue weighted by Gasteiger charge is -2.36. The average molecular weight is 455 g/mol. The van der Waals surface area contributed by atoms with Crippen molar-refractivity contribution in [2.24, 2.45) is 5.16 Å². The Morgan fingerprint density at radius 3 is 2.30 bits per heavy atom. The van der Waals surface area contributed by atoms with Gasteiger partial charge in [0.1, 0.15) is 12.6 Å². The molecule has 2 aliphatic rings. The fourth-order valence-electron chi connectivity index (χ4n) is 3.60. The monoisotopic (exact) mass is 454 g/mol. The second-order valence-electron chi connectivity index (χ2n) is 7.38. The van der Waals surface area contributed by atoms with Gasteiger partial charge < -0.3 is 19.5 Å². The highest BCUT2D eigenvalue weighted by Gasteiger charge is 2.39. The summed E-state index contributed by atoms with van der Waals surface area (Å²) in [5.74, 6) is -0.310. The summed E-state index contributed by atoms with van der Waals surface area (Å²) in [7, 11) is 0. The Bertz CT molecular complexity index is 868. The molecule has 2 aliphatic heterocycles. The highest BCUT2D eigenvalue weighted by atomic mass is 35.5. The summed E-state index contributed by atoms with van der Waals surface area (Å²) in [6.07, 6.45) is 0.326. The molecule has 3 rings (SSSR count). The molecule has 8 nitrogen and oxygen atoms in total. The van der Waals surface area contributed by atoms with Crippen molar-refractivity contribution in [2.45, 2.75) is 32.9 Å². The molecule has 2 fully saturated rings. The summed E-state index contributed by atoms with van der Waals surface area (Å²) in [4.78, 5) is 46.9. The van der Waals surface area contributed by atoms with Crippen molar-refractivity contribution in [3.05, 3.63) is 33.8 Å². The molecule has 1 aromatic rings. The largest absolute Gasteiger partial charge is 0.391 e. The zero-order chi connectivity index (χ0) is 21.8. The van der Waals surface area contributed by atoms with Gasteiger partial charge >= 0.3 is 0 Å². The molecular weight excluding hydrogens is 431 g/mol. The minimum absolute atomic E-state index is 0.00173. The lowest BCUT2D eigenvalue weighted by Crippen LogP contribution is -2.54. The summed E-state index contributed by atoms with van der Waals surface area (Å²) in [5.41, 5.74) is 1.44. The highest BCUT2D eigenvalue weighted by Crippen LogP contribution is 2.23. The van der Waals surface area contributed by atoms with Crippen molar-refractivity contribution in [1.29, 1.82) is 0 Å². The van der Waals surface area contributed by atoms with Gasteiger partial charge in [-0.3, -0.25) is 14.4 Å². The van der Waals surface area contributed by atoms with Crippen molar-refractivity contribution < 1.29 is 19.2 Å². The van der Waals surface area contributed by atoms with Gasteiger partial charge in [-0.1, -0.05) is 34.4 Å². The number of benzene rings is 1. The minimum Gasteiger partial charge on any atom is -0.391 e. The number of carbonyl (C=O) groups excluding carboxylic acids is 3. The molecule has 10 heteroatoms. The number of likely N-dealkylation sites (tertiary alicyclic amines) is 1. The van der Waals surface area contributed by atoms with Crippen molar-refractivity contribution in [3.63, 3.8) is 0 Å². The average Bonchev–Trinajstić information content (AvgIpc) is 3.15. The Kier molecular flexibility index (Phi) is 7.20. The third kappa shape index (κ3) is 5.23. The lowest BCUT2D eigenvalue weighted by atomic mass is 10.1. The maximum absolute atomic E-state index is 13.0. The number of hydrogen-bond donors (Lipinski definition) is 0. The molecule has 3 amide bonds. The second-order valence-corrected chi connectivity index (χ2v) is 8.19. The van der Waals surface area contributed by atoms with E-state index >= 15 is 0 Å². The van der Waals surface area contributed by atoms with Crippen LogP contribution in [0, 0.1) is 0 Å². The summed E-state index contributed by atoms with van der Waals surface area (Å²) >= 11 is 11.9. The first-order valence-electron chi connectivity index (χ1n) is 9.69. The smallest absolute Gasteiger partial charge is 0.245 e. The van der Waals surface area contributed by atoms with E-state index in [1.54, 1.807) is 28.0 Å². The maximum atomic E-state index is 13.0. The van der Waals surface area contributed by atoms with E-state index in [1.807, 2.05) is 0 Å². The Hall–Kier alpha value is -2.32. The number of hydrogen-bond acceptors (Lipinski definition) is 5. The van der Waals surface area contributed by atoms with Crippen LogP contribution in [0.15, 0.2) is 23.4 Å². The molecule has 1 atom stereocenters. The van der Waals surface area contributed by atoms with E-state index in [0.717, 1.165) is 5.56 Å². The molecule has 2 saturated heterocycles. The molecular formula is C20H24Cl2N4O4. The standard InChI is InChI=1S/C20H24Cl2N4O4/c1-13(27)24-5-7-25(8-6-24)20(29)19-10-16(11-26(19)14(2)28)23-30-12-15-3-4-17(21)18(22)9-15/h3-4,9,19H,5-8,10-12H2,1-2H3. The van der Waals surface area contributed by atoms with E-state index in [4.69, 9.17) is 28.0 Å². The number of halogens is 2. The van der Waals surface area contributed by atoms with Crippen LogP contribution in [-0.2, 0) is 25.8 Å². The number of nitrogens with zero attached hydrogens (tertiary/aromatic N) is 4. The van der Waals surface area contributed by atoms with Gasteiger partial charge in [0, 0.05) is 46.4 Å². The summed E-state index contributed by atoms with van der Waals surface area (Å²) in [6.45, 7) is 5.33. The van der Waals surface area contributed by atoms with Crippen LogP contribution in [0.25, 0.3) is 0 Å². The van der Waals surface area contributed by atoms with Crippen LogP contribution in [-0.4, -0.2) is 76.9 Å². The van der Waals surface area contributed by atoms with Gasteiger partial charge in [-0.25, -0.2) is 0 Å². The van der Waals surface area contributed by atoms with Gasteiger partial charge in [-0.15, -0.1) is 0 Å². The van der Waals surface area contributed by atoms with Gasteiger partial charge in [0.2, 0.25) is 17.7 Å². The molecule has 0 aliphatic carbocycles. The Morgan fingerprint density at radius 1 is 1.03 bits per heavy atom. The Morgan fingerprint density at radius 2 is 1.70 bits per heavy atom. The second kappa shape index (κ2) is 9.66. The van der Waals surface area contributed by atoms with E-state index in [0.29, 0.717) is 48.4 Å². The number of rotatable bonds is 4. The summed E-state index contributed by atoms with van der Waals surface area (Å²) in [5, 5.41) is 5.04. The number of carbonyl (C=O) groups is 3. The molecule has 2 heterocycles. The Balaban J connectivity index is 1.60. The first kappa shape index (κ1) is 22.4. The van der Waals surface area contributed by atoms with E-state index < -0.39 is 6.04 Å². The van der Waals surface area contributed by atoms with Crippen molar-refractivity contribution >= 4 is 46.6 Å². The van der Waals surface area contributed by atoms with Crippen LogP contribution in [0.2, 0.25) is 10.0 Å². The Labute approximate surface area is 185 Å². The van der Waals surface area contributed by atoms with Crippen LogP contribution in [0.1, 0.15) is 25.8 Å². The van der Waals surface area contributed by atoms with Crippen LogP contribution in [0.3, 0.4) is 0 Å². The van der Waals surface area contributed by atoms with Crippen LogP contribution in [0.4, 0.5) is 0 Å². The van der Waals surface area contributed by atoms with E-state index in [-0.39, 0.29) is 30.9 Å². The number of oxime groups is 1. The summed E-state index contributed by atoms with van der Waals surface area (Å²) in [6, 6.07) is 4.58. The van der Waals surface area contributed by atoms with E-state index in [9.17, 15) is 14.4 Å². The van der Waals surface area contributed by atoms with Crippen LogP contribution < -0.4 is 0 Å². The predicted molar refractivity (Wildman–Crippen MR) is 113 cm³/mol. The van der Waals surface area contributed by atoms with Crippen molar-refractivity contribution in [3.8, 4) is 0 Å². The first-order valence-corrected chi connectivity index (χ1v) is 10.4. The summed E-state index contributed by atoms with van der Waals surface area (Å²) < 4.78 is 0. The fraction of sp³-hybridized carbons (Fsp3) is 0.500. The molecule has 0 spiro atoms. The SMILES string of the molecule is CC(=O)N1CCN(C(=O)C2CC(=NOCc3ccc(Cl)c(Cl)c3)CN2C(C)=O)CC1. The highest BCUT2D eigenvalue weighted by molar-refractivity contribution is 6.42. The van der Waals surface area contributed by atoms with Crippen molar-refractivity contribution in [2.75, 3.05) is 32.7 Å². The molecule has 0 radical (unpaired) electrons. The maximum Gasteiger partial charge on any atom is 0.245 e. The molecule has 0 saturated carbocycles. The van der Waals surface area contributed by atoms with Gasteiger partial charge in [0.05, 0.1) is 22.3 Å². The zero-order valence-electron chi connectivity index (χ0n) is 16.9. The molecule has 0 bridgehead atoms. The molecule has 0 N–H and O–H groups in total. The van der Waals surface area contributed by atoms with Gasteiger partial charge in [-0.2, -0.15) is 0 Å². The minimum atomic E-state index is -0.598. The third-order valence-electron chi connectivity index (χ3n) is 5.29. The fourth-order valence-corrected chi connectivity index (χ4v) is 3.92. The first-order chi connectivity index (χ1) is 14.3. The number of amides is 3. The third-order valence-corrected chi connectivity index (χ3v) is 6.03. The van der Waals surface area contributed by atoms with Gasteiger partial charge in [-0.05, 0) is 17.7 Å². The zero-order valence-corrected chi connectivity index (χ0v) is 18.4. The van der Waals surface area contributed by atoms with Gasteiger partial charge in [0.15, 0.2) is 0 Å². The van der Waals surface area contributed by atoms with Crippen LogP contribution >= 0.6 is 23.2 Å². The van der Waals surface area contributed by atoms with E-state index in [2.05, 4.69) is 5.16 Å². The van der Waals surface area contributed by atoms with Crippen molar-refractivity contribution in [1.82, 2.24) is 14.7 Å². The normalized spacial score (nSPS) is 20.6. The van der Waals surface area contributed by atoms with Crippen LogP contribution in [0.5, 0.6) is 0 Å². The predicted octanol–water partition coefficient (Wildman–Crippen LogP) is 2.18. The molecule has 162 valence electrons. The quantitative estimate of drug-likeness (QED) is 0.652. The van der Waals surface area contributed by atoms with Gasteiger partial charge in [0.25, 0.3) is 0 Å². The van der Waals surface area contributed by atoms with E-state index in [1.165, 1.54) is 18.7 Å². The molecule has 1 aromatic carbocycles. The molecule has 30 heavy (non-hydrogen) atoms. The molecule has 0 aromatic heterocycles. The molecule has 1 unspecified atom stereocenters. The number of piperazine rings is 1. The topological polar surface area (TPSA) is 82.5 Å². The lowest BCUT2D eigenvalue weighted by molar-refractivity contribution is -0.145.